The van der Waals surface area contributed by atoms with Crippen molar-refractivity contribution in [3.8, 4) is 5.75 Å². The minimum atomic E-state index is -0.790. The van der Waals surface area contributed by atoms with Crippen LogP contribution in [0.2, 0.25) is 0 Å². The average Bonchev–Trinajstić information content (AvgIpc) is 2.54. The van der Waals surface area contributed by atoms with Crippen molar-refractivity contribution in [3.05, 3.63) is 29.6 Å². The summed E-state index contributed by atoms with van der Waals surface area (Å²) in [4.78, 5) is 23.3. The summed E-state index contributed by atoms with van der Waals surface area (Å²) in [6.45, 7) is 1.78. The van der Waals surface area contributed by atoms with E-state index in [1.165, 1.54) is 25.3 Å². The minimum absolute atomic E-state index is 0.118. The lowest BCUT2D eigenvalue weighted by atomic mass is 9.81. The lowest BCUT2D eigenvalue weighted by Gasteiger charge is -2.27. The lowest BCUT2D eigenvalue weighted by molar-refractivity contribution is -0.144. The monoisotopic (exact) mass is 323 g/mol. The van der Waals surface area contributed by atoms with Crippen LogP contribution >= 0.6 is 0 Å². The van der Waals surface area contributed by atoms with E-state index >= 15 is 0 Å². The fourth-order valence-corrected chi connectivity index (χ4v) is 3.06. The van der Waals surface area contributed by atoms with Crippen LogP contribution in [-0.2, 0) is 9.59 Å². The summed E-state index contributed by atoms with van der Waals surface area (Å²) < 4.78 is 18.6. The molecule has 1 saturated carbocycles. The van der Waals surface area contributed by atoms with E-state index in [0.29, 0.717) is 37.0 Å². The second kappa shape index (κ2) is 7.44. The Labute approximate surface area is 134 Å². The lowest BCUT2D eigenvalue weighted by Crippen LogP contribution is -2.35. The van der Waals surface area contributed by atoms with Crippen molar-refractivity contribution in [2.45, 2.75) is 38.6 Å². The number of ether oxygens (including phenoxy) is 1. The summed E-state index contributed by atoms with van der Waals surface area (Å²) >= 11 is 0. The summed E-state index contributed by atoms with van der Waals surface area (Å²) in [6.07, 6.45) is 2.17. The maximum atomic E-state index is 13.4. The van der Waals surface area contributed by atoms with Gasteiger partial charge in [-0.1, -0.05) is 0 Å². The van der Waals surface area contributed by atoms with Gasteiger partial charge in [-0.05, 0) is 50.8 Å². The van der Waals surface area contributed by atoms with Crippen molar-refractivity contribution in [3.63, 3.8) is 0 Å². The Kier molecular flexibility index (Phi) is 5.58. The number of methoxy groups -OCH3 is 1. The molecule has 126 valence electrons. The molecule has 0 aromatic heterocycles. The van der Waals surface area contributed by atoms with E-state index in [2.05, 4.69) is 5.32 Å². The number of nitrogens with one attached hydrogen (secondary N) is 1. The normalized spacial score (nSPS) is 22.2. The molecular weight excluding hydrogens is 301 g/mol. The first-order valence-corrected chi connectivity index (χ1v) is 7.79. The highest BCUT2D eigenvalue weighted by Gasteiger charge is 2.30. The highest BCUT2D eigenvalue weighted by Crippen LogP contribution is 2.31. The molecule has 0 saturated heterocycles. The number of benzene rings is 1. The van der Waals surface area contributed by atoms with Crippen LogP contribution < -0.4 is 10.1 Å². The van der Waals surface area contributed by atoms with Gasteiger partial charge in [0, 0.05) is 11.5 Å². The van der Waals surface area contributed by atoms with Gasteiger partial charge < -0.3 is 15.2 Å². The predicted molar refractivity (Wildman–Crippen MR) is 82.6 cm³/mol. The zero-order chi connectivity index (χ0) is 17.0. The van der Waals surface area contributed by atoms with Crippen molar-refractivity contribution >= 4 is 11.9 Å². The van der Waals surface area contributed by atoms with Crippen molar-refractivity contribution in [2.75, 3.05) is 7.11 Å². The number of amides is 1. The number of hydrogen-bond acceptors (Lipinski definition) is 3. The van der Waals surface area contributed by atoms with Gasteiger partial charge in [-0.15, -0.1) is 0 Å². The van der Waals surface area contributed by atoms with E-state index in [0.717, 1.165) is 0 Å². The average molecular weight is 323 g/mol. The smallest absolute Gasteiger partial charge is 0.306 e. The van der Waals surface area contributed by atoms with Gasteiger partial charge in [-0.2, -0.15) is 0 Å². The largest absolute Gasteiger partial charge is 0.496 e. The second-order valence-electron chi connectivity index (χ2n) is 6.00. The zero-order valence-corrected chi connectivity index (χ0v) is 13.3. The number of carboxylic acids is 1. The Morgan fingerprint density at radius 2 is 1.87 bits per heavy atom. The second-order valence-corrected chi connectivity index (χ2v) is 6.00. The highest BCUT2D eigenvalue weighted by molar-refractivity contribution is 5.79. The van der Waals surface area contributed by atoms with Crippen LogP contribution in [0.4, 0.5) is 4.39 Å². The van der Waals surface area contributed by atoms with Crippen LogP contribution in [0.25, 0.3) is 0 Å². The van der Waals surface area contributed by atoms with Crippen LogP contribution in [0, 0.1) is 17.7 Å². The molecule has 1 aromatic carbocycles. The molecule has 0 radical (unpaired) electrons. The van der Waals surface area contributed by atoms with E-state index in [1.807, 2.05) is 0 Å². The van der Waals surface area contributed by atoms with E-state index in [9.17, 15) is 14.0 Å². The van der Waals surface area contributed by atoms with Crippen molar-refractivity contribution < 1.29 is 23.8 Å². The Hall–Kier alpha value is -2.11. The van der Waals surface area contributed by atoms with Gasteiger partial charge in [-0.3, -0.25) is 9.59 Å². The number of halogens is 1. The highest BCUT2D eigenvalue weighted by atomic mass is 19.1. The Bertz CT molecular complexity index is 582. The molecule has 6 heteroatoms. The van der Waals surface area contributed by atoms with Crippen LogP contribution in [0.5, 0.6) is 5.75 Å². The van der Waals surface area contributed by atoms with E-state index in [4.69, 9.17) is 9.84 Å². The molecule has 1 fully saturated rings. The molecule has 0 spiro atoms. The van der Waals surface area contributed by atoms with Gasteiger partial charge in [0.05, 0.1) is 19.1 Å². The van der Waals surface area contributed by atoms with Crippen molar-refractivity contribution in [1.29, 1.82) is 0 Å². The number of aliphatic carboxylic acids is 1. The molecule has 1 atom stereocenters. The van der Waals surface area contributed by atoms with Crippen molar-refractivity contribution in [2.24, 2.45) is 11.8 Å². The first-order valence-electron chi connectivity index (χ1n) is 7.79. The molecule has 2 N–H and O–H groups in total. The van der Waals surface area contributed by atoms with Crippen LogP contribution in [0.15, 0.2) is 18.2 Å². The molecule has 1 aromatic rings. The number of carbonyl (C=O) groups is 2. The number of carboxylic acid groups (broad SMARTS) is 1. The van der Waals surface area contributed by atoms with Crippen LogP contribution in [0.1, 0.15) is 44.2 Å². The van der Waals surface area contributed by atoms with Crippen molar-refractivity contribution in [1.82, 2.24) is 5.32 Å². The summed E-state index contributed by atoms with van der Waals surface area (Å²) in [5.41, 5.74) is 0.583. The first kappa shape index (κ1) is 17.2. The van der Waals surface area contributed by atoms with Gasteiger partial charge in [0.25, 0.3) is 0 Å². The molecule has 1 amide bonds. The van der Waals surface area contributed by atoms with Gasteiger partial charge >= 0.3 is 5.97 Å². The van der Waals surface area contributed by atoms with Crippen LogP contribution in [-0.4, -0.2) is 24.1 Å². The third-order valence-corrected chi connectivity index (χ3v) is 4.46. The maximum Gasteiger partial charge on any atom is 0.306 e. The maximum absolute atomic E-state index is 13.4. The van der Waals surface area contributed by atoms with Gasteiger partial charge in [-0.25, -0.2) is 4.39 Å². The molecule has 23 heavy (non-hydrogen) atoms. The fourth-order valence-electron chi connectivity index (χ4n) is 3.06. The summed E-state index contributed by atoms with van der Waals surface area (Å²) in [7, 11) is 1.50. The van der Waals surface area contributed by atoms with Gasteiger partial charge in [0.2, 0.25) is 5.91 Å². The summed E-state index contributed by atoms with van der Waals surface area (Å²) in [5.74, 6) is -1.31. The van der Waals surface area contributed by atoms with E-state index in [-0.39, 0.29) is 29.6 Å². The SMILES string of the molecule is COc1ccc(F)cc1[C@@H](C)NC(=O)C1CCC(C(=O)O)CC1. The van der Waals surface area contributed by atoms with Gasteiger partial charge in [0.15, 0.2) is 0 Å². The zero-order valence-electron chi connectivity index (χ0n) is 13.3. The number of carbonyl (C=O) groups excluding carboxylic acids is 1. The van der Waals surface area contributed by atoms with Crippen LogP contribution in [0.3, 0.4) is 0 Å². The number of rotatable bonds is 5. The molecule has 0 heterocycles. The molecule has 0 bridgehead atoms. The molecule has 1 aliphatic rings. The molecule has 1 aliphatic carbocycles. The first-order chi connectivity index (χ1) is 10.9. The summed E-state index contributed by atoms with van der Waals surface area (Å²) in [5, 5.41) is 11.9. The third kappa shape index (κ3) is 4.21. The Balaban J connectivity index is 1.98. The fraction of sp³-hybridized carbons (Fsp3) is 0.529. The third-order valence-electron chi connectivity index (χ3n) is 4.46. The molecule has 2 rings (SSSR count). The van der Waals surface area contributed by atoms with E-state index < -0.39 is 5.97 Å². The quantitative estimate of drug-likeness (QED) is 0.873. The summed E-state index contributed by atoms with van der Waals surface area (Å²) in [6, 6.07) is 3.81. The molecule has 0 unspecified atom stereocenters. The predicted octanol–water partition coefficient (Wildman–Crippen LogP) is 2.90. The Morgan fingerprint density at radius 3 is 2.43 bits per heavy atom. The number of hydrogen-bond donors (Lipinski definition) is 2. The standard InChI is InChI=1S/C17H22FNO4/c1-10(14-9-13(18)7-8-15(14)23-2)19-16(20)11-3-5-12(6-4-11)17(21)22/h7-12H,3-6H2,1-2H3,(H,19,20)(H,21,22)/t10-,11?,12?/m1/s1. The molecule has 5 nitrogen and oxygen atoms in total. The Morgan fingerprint density at radius 1 is 1.26 bits per heavy atom. The van der Waals surface area contributed by atoms with E-state index in [1.54, 1.807) is 6.92 Å². The molecular formula is C17H22FNO4. The topological polar surface area (TPSA) is 75.6 Å². The molecule has 0 aliphatic heterocycles. The van der Waals surface area contributed by atoms with Gasteiger partial charge in [0.1, 0.15) is 11.6 Å². The minimum Gasteiger partial charge on any atom is -0.496 e.